The summed E-state index contributed by atoms with van der Waals surface area (Å²) in [5.41, 5.74) is 2.74. The fraction of sp³-hybridized carbons (Fsp3) is 0.727. The summed E-state index contributed by atoms with van der Waals surface area (Å²) in [6, 6.07) is 0. The number of hydrogen-bond acceptors (Lipinski definition) is 3. The van der Waals surface area contributed by atoms with Crippen molar-refractivity contribution in [2.45, 2.75) is 44.9 Å². The second kappa shape index (κ2) is 2.48. The Kier molecular flexibility index (Phi) is 1.57. The van der Waals surface area contributed by atoms with Gasteiger partial charge in [-0.2, -0.15) is 5.10 Å². The van der Waals surface area contributed by atoms with Gasteiger partial charge in [0.05, 0.1) is 11.4 Å². The van der Waals surface area contributed by atoms with Gasteiger partial charge >= 0.3 is 0 Å². The van der Waals surface area contributed by atoms with Crippen LogP contribution >= 0.6 is 12.2 Å². The average molecular weight is 221 g/mol. The molecule has 3 nitrogen and oxygen atoms in total. The molecule has 2 atom stereocenters. The highest BCUT2D eigenvalue weighted by atomic mass is 32.1. The Labute approximate surface area is 94.3 Å². The van der Waals surface area contributed by atoms with Crippen LogP contribution in [0.1, 0.15) is 50.9 Å². The molecule has 0 unspecified atom stereocenters. The van der Waals surface area contributed by atoms with E-state index in [1.807, 2.05) is 0 Å². The number of nitrogens with zero attached hydrogens (tertiary/aromatic N) is 2. The van der Waals surface area contributed by atoms with Crippen molar-refractivity contribution in [3.63, 3.8) is 0 Å². The predicted octanol–water partition coefficient (Wildman–Crippen LogP) is 2.71. The second-order valence-electron chi connectivity index (χ2n) is 5.52. The maximum absolute atomic E-state index is 5.06. The summed E-state index contributed by atoms with van der Waals surface area (Å²) in [4.78, 5) is 4.50. The molecule has 80 valence electrons. The van der Waals surface area contributed by atoms with Gasteiger partial charge in [0.1, 0.15) is 0 Å². The molecule has 1 aromatic heterocycles. The van der Waals surface area contributed by atoms with Crippen molar-refractivity contribution in [3.05, 3.63) is 16.2 Å². The first-order valence-electron chi connectivity index (χ1n) is 5.44. The summed E-state index contributed by atoms with van der Waals surface area (Å²) < 4.78 is 0.512. The van der Waals surface area contributed by atoms with Gasteiger partial charge in [0.15, 0.2) is 0 Å². The normalized spacial score (nSPS) is 35.5. The van der Waals surface area contributed by atoms with Gasteiger partial charge in [-0.05, 0) is 30.5 Å². The highest BCUT2D eigenvalue weighted by Gasteiger charge is 2.61. The molecule has 2 aliphatic rings. The van der Waals surface area contributed by atoms with E-state index in [-0.39, 0.29) is 10.8 Å². The molecule has 15 heavy (non-hydrogen) atoms. The zero-order chi connectivity index (χ0) is 10.8. The van der Waals surface area contributed by atoms with Gasteiger partial charge in [-0.25, -0.2) is 4.98 Å². The Hall–Kier alpha value is -0.770. The van der Waals surface area contributed by atoms with Crippen LogP contribution in [0.2, 0.25) is 0 Å². The van der Waals surface area contributed by atoms with Crippen molar-refractivity contribution in [3.8, 4) is 0 Å². The van der Waals surface area contributed by atoms with E-state index in [4.69, 9.17) is 12.2 Å². The lowest BCUT2D eigenvalue weighted by atomic mass is 9.70. The second-order valence-corrected chi connectivity index (χ2v) is 5.91. The molecule has 2 bridgehead atoms. The highest BCUT2D eigenvalue weighted by Crippen LogP contribution is 2.66. The maximum atomic E-state index is 5.06. The Bertz CT molecular complexity index is 491. The number of aromatic nitrogens is 3. The van der Waals surface area contributed by atoms with Crippen molar-refractivity contribution < 1.29 is 0 Å². The Morgan fingerprint density at radius 3 is 2.87 bits per heavy atom. The van der Waals surface area contributed by atoms with E-state index in [0.29, 0.717) is 10.7 Å². The Morgan fingerprint density at radius 2 is 2.13 bits per heavy atom. The van der Waals surface area contributed by atoms with Gasteiger partial charge in [0.25, 0.3) is 0 Å². The molecule has 0 radical (unpaired) electrons. The molecule has 4 heteroatoms. The van der Waals surface area contributed by atoms with Crippen LogP contribution in [-0.4, -0.2) is 15.2 Å². The van der Waals surface area contributed by atoms with Gasteiger partial charge in [-0.15, -0.1) is 0 Å². The summed E-state index contributed by atoms with van der Waals surface area (Å²) in [6.45, 7) is 6.97. The smallest absolute Gasteiger partial charge is 0.213 e. The third kappa shape index (κ3) is 0.893. The first-order chi connectivity index (χ1) is 6.97. The molecular weight excluding hydrogens is 206 g/mol. The predicted molar refractivity (Wildman–Crippen MR) is 60.3 cm³/mol. The van der Waals surface area contributed by atoms with Crippen LogP contribution in [0.3, 0.4) is 0 Å². The van der Waals surface area contributed by atoms with Crippen LogP contribution in [-0.2, 0) is 5.41 Å². The van der Waals surface area contributed by atoms with Crippen molar-refractivity contribution in [2.75, 3.05) is 0 Å². The SMILES string of the molecule is CC1(C)[C@H]2CC[C@]1(C)c1nc(=S)[nH]nc12. The average Bonchev–Trinajstić information content (AvgIpc) is 2.48. The van der Waals surface area contributed by atoms with Crippen LogP contribution in [0.5, 0.6) is 0 Å². The number of fused-ring (bicyclic) bond motifs is 5. The lowest BCUT2D eigenvalue weighted by Crippen LogP contribution is -2.32. The van der Waals surface area contributed by atoms with Gasteiger partial charge < -0.3 is 0 Å². The van der Waals surface area contributed by atoms with E-state index >= 15 is 0 Å². The summed E-state index contributed by atoms with van der Waals surface area (Å²) in [6.07, 6.45) is 2.45. The molecule has 1 heterocycles. The first-order valence-corrected chi connectivity index (χ1v) is 5.85. The highest BCUT2D eigenvalue weighted by molar-refractivity contribution is 7.71. The molecule has 0 spiro atoms. The lowest BCUT2D eigenvalue weighted by Gasteiger charge is -2.33. The van der Waals surface area contributed by atoms with Crippen LogP contribution in [0.25, 0.3) is 0 Å². The molecule has 1 saturated carbocycles. The number of rotatable bonds is 0. The molecule has 1 N–H and O–H groups in total. The van der Waals surface area contributed by atoms with E-state index in [2.05, 4.69) is 36.0 Å². The van der Waals surface area contributed by atoms with Crippen molar-refractivity contribution >= 4 is 12.2 Å². The quantitative estimate of drug-likeness (QED) is 0.685. The monoisotopic (exact) mass is 221 g/mol. The zero-order valence-corrected chi connectivity index (χ0v) is 10.1. The Morgan fingerprint density at radius 1 is 1.40 bits per heavy atom. The maximum Gasteiger partial charge on any atom is 0.213 e. The molecule has 1 fully saturated rings. The zero-order valence-electron chi connectivity index (χ0n) is 9.29. The van der Waals surface area contributed by atoms with Crippen molar-refractivity contribution in [2.24, 2.45) is 5.41 Å². The molecular formula is C11H15N3S. The minimum absolute atomic E-state index is 0.169. The fourth-order valence-corrected chi connectivity index (χ4v) is 3.53. The summed E-state index contributed by atoms with van der Waals surface area (Å²) >= 11 is 5.06. The van der Waals surface area contributed by atoms with Gasteiger partial charge in [0.2, 0.25) is 4.77 Å². The van der Waals surface area contributed by atoms with E-state index in [0.717, 1.165) is 11.4 Å². The van der Waals surface area contributed by atoms with E-state index in [1.165, 1.54) is 12.8 Å². The number of aromatic amines is 1. The standard InChI is InChI=1S/C11H15N3S/c1-10(2)6-4-5-11(10,3)8-7(6)13-14-9(15)12-8/h6H,4-5H2,1-3H3,(H,12,14,15)/t6-,11+/m0/s1. The van der Waals surface area contributed by atoms with Crippen molar-refractivity contribution in [1.29, 1.82) is 0 Å². The van der Waals surface area contributed by atoms with Gasteiger partial charge in [-0.3, -0.25) is 5.10 Å². The summed E-state index contributed by atoms with van der Waals surface area (Å²) in [5, 5.41) is 7.22. The van der Waals surface area contributed by atoms with E-state index in [9.17, 15) is 0 Å². The first kappa shape index (κ1) is 9.46. The van der Waals surface area contributed by atoms with Crippen LogP contribution in [0.15, 0.2) is 0 Å². The molecule has 0 aliphatic heterocycles. The summed E-state index contributed by atoms with van der Waals surface area (Å²) in [7, 11) is 0. The van der Waals surface area contributed by atoms with Crippen LogP contribution in [0, 0.1) is 10.2 Å². The third-order valence-electron chi connectivity index (χ3n) is 4.81. The molecule has 1 aromatic rings. The van der Waals surface area contributed by atoms with E-state index in [1.54, 1.807) is 0 Å². The summed E-state index contributed by atoms with van der Waals surface area (Å²) in [5.74, 6) is 0.553. The minimum atomic E-state index is 0.169. The van der Waals surface area contributed by atoms with Crippen molar-refractivity contribution in [1.82, 2.24) is 15.2 Å². The largest absolute Gasteiger partial charge is 0.252 e. The lowest BCUT2D eigenvalue weighted by molar-refractivity contribution is 0.227. The number of H-pyrrole nitrogens is 1. The van der Waals surface area contributed by atoms with Crippen LogP contribution < -0.4 is 0 Å². The topological polar surface area (TPSA) is 41.6 Å². The molecule has 0 aromatic carbocycles. The molecule has 2 aliphatic carbocycles. The number of nitrogens with one attached hydrogen (secondary N) is 1. The van der Waals surface area contributed by atoms with Gasteiger partial charge in [-0.1, -0.05) is 20.8 Å². The number of hydrogen-bond donors (Lipinski definition) is 1. The third-order valence-corrected chi connectivity index (χ3v) is 4.99. The van der Waals surface area contributed by atoms with E-state index < -0.39 is 0 Å². The molecule has 3 rings (SSSR count). The molecule has 0 amide bonds. The van der Waals surface area contributed by atoms with Gasteiger partial charge in [0, 0.05) is 11.3 Å². The molecule has 0 saturated heterocycles. The fourth-order valence-electron chi connectivity index (χ4n) is 3.40. The Balaban J connectivity index is 2.34. The minimum Gasteiger partial charge on any atom is -0.252 e. The van der Waals surface area contributed by atoms with Crippen LogP contribution in [0.4, 0.5) is 0 Å².